The first-order valence-electron chi connectivity index (χ1n) is 7.79. The highest BCUT2D eigenvalue weighted by atomic mass is 35.5. The molecule has 0 spiro atoms. The van der Waals surface area contributed by atoms with Crippen LogP contribution in [0.25, 0.3) is 0 Å². The number of hydrogen-bond donors (Lipinski definition) is 3. The van der Waals surface area contributed by atoms with E-state index < -0.39 is 6.03 Å². The first kappa shape index (κ1) is 18.9. The summed E-state index contributed by atoms with van der Waals surface area (Å²) in [6, 6.07) is 10.4. The van der Waals surface area contributed by atoms with Crippen LogP contribution in [-0.4, -0.2) is 16.0 Å². The molecule has 0 fully saturated rings. The Kier molecular flexibility index (Phi) is 5.73. The summed E-state index contributed by atoms with van der Waals surface area (Å²) in [5.41, 5.74) is 1.59. The fraction of sp³-hybridized carbons (Fsp3) is 0.0556. The number of halogens is 3. The van der Waals surface area contributed by atoms with Crippen molar-refractivity contribution in [3.8, 4) is 0 Å². The normalized spacial score (nSPS) is 10.4. The molecule has 0 radical (unpaired) electrons. The van der Waals surface area contributed by atoms with Gasteiger partial charge >= 0.3 is 6.03 Å². The maximum atomic E-state index is 13.5. The first-order chi connectivity index (χ1) is 12.9. The number of anilines is 4. The molecule has 3 rings (SSSR count). The van der Waals surface area contributed by atoms with Gasteiger partial charge in [0, 0.05) is 11.8 Å². The predicted octanol–water partition coefficient (Wildman–Crippen LogP) is 5.62. The van der Waals surface area contributed by atoms with Crippen LogP contribution in [0.4, 0.5) is 32.2 Å². The van der Waals surface area contributed by atoms with E-state index in [-0.39, 0.29) is 11.6 Å². The van der Waals surface area contributed by atoms with Gasteiger partial charge in [-0.1, -0.05) is 29.3 Å². The molecule has 0 unspecified atom stereocenters. The highest BCUT2D eigenvalue weighted by Gasteiger charge is 2.11. The Morgan fingerprint density at radius 3 is 2.41 bits per heavy atom. The smallest absolute Gasteiger partial charge is 0.324 e. The van der Waals surface area contributed by atoms with Gasteiger partial charge in [-0.2, -0.15) is 0 Å². The van der Waals surface area contributed by atoms with Crippen LogP contribution in [-0.2, 0) is 0 Å². The number of rotatable bonds is 4. The Balaban J connectivity index is 1.71. The average molecular weight is 406 g/mol. The summed E-state index contributed by atoms with van der Waals surface area (Å²) in [6.07, 6.45) is 1.27. The van der Waals surface area contributed by atoms with E-state index in [9.17, 15) is 9.18 Å². The van der Waals surface area contributed by atoms with Crippen molar-refractivity contribution in [1.82, 2.24) is 9.97 Å². The van der Waals surface area contributed by atoms with Gasteiger partial charge in [0.1, 0.15) is 23.8 Å². The first-order valence-corrected chi connectivity index (χ1v) is 8.54. The number of nitrogens with zero attached hydrogens (tertiary/aromatic N) is 2. The van der Waals surface area contributed by atoms with E-state index >= 15 is 0 Å². The molecule has 0 saturated carbocycles. The Labute approximate surface area is 164 Å². The van der Waals surface area contributed by atoms with Gasteiger partial charge in [0.2, 0.25) is 0 Å². The van der Waals surface area contributed by atoms with E-state index in [1.807, 2.05) is 0 Å². The summed E-state index contributed by atoms with van der Waals surface area (Å²) in [7, 11) is 0. The molecule has 0 bridgehead atoms. The van der Waals surface area contributed by atoms with E-state index in [1.165, 1.54) is 24.5 Å². The number of aromatic nitrogens is 2. The molecule has 9 heteroatoms. The molecule has 0 aliphatic rings. The molecule has 27 heavy (non-hydrogen) atoms. The van der Waals surface area contributed by atoms with Gasteiger partial charge in [-0.3, -0.25) is 5.32 Å². The van der Waals surface area contributed by atoms with Crippen molar-refractivity contribution in [1.29, 1.82) is 0 Å². The van der Waals surface area contributed by atoms with Crippen LogP contribution in [0.3, 0.4) is 0 Å². The predicted molar refractivity (Wildman–Crippen MR) is 106 cm³/mol. The summed E-state index contributed by atoms with van der Waals surface area (Å²) in [5.74, 6) is 0.267. The monoisotopic (exact) mass is 405 g/mol. The third kappa shape index (κ3) is 5.06. The highest BCUT2D eigenvalue weighted by molar-refractivity contribution is 6.39. The van der Waals surface area contributed by atoms with Crippen molar-refractivity contribution < 1.29 is 9.18 Å². The van der Waals surface area contributed by atoms with Crippen molar-refractivity contribution in [2.45, 2.75) is 6.92 Å². The second kappa shape index (κ2) is 8.20. The molecule has 2 amide bonds. The number of nitrogens with one attached hydrogen (secondary N) is 3. The summed E-state index contributed by atoms with van der Waals surface area (Å²) < 4.78 is 13.5. The number of aryl methyl sites for hydroxylation is 1. The van der Waals surface area contributed by atoms with Crippen molar-refractivity contribution in [3.63, 3.8) is 0 Å². The van der Waals surface area contributed by atoms with Crippen LogP contribution >= 0.6 is 23.2 Å². The fourth-order valence-electron chi connectivity index (χ4n) is 2.33. The fourth-order valence-corrected chi connectivity index (χ4v) is 2.82. The zero-order valence-corrected chi connectivity index (χ0v) is 15.6. The third-order valence-electron chi connectivity index (χ3n) is 3.42. The van der Waals surface area contributed by atoms with Crippen molar-refractivity contribution in [2.24, 2.45) is 0 Å². The number of carbonyl (C=O) groups is 1. The van der Waals surface area contributed by atoms with Crippen LogP contribution in [0.2, 0.25) is 10.0 Å². The molecular weight excluding hydrogens is 392 g/mol. The number of urea groups is 1. The number of amides is 2. The van der Waals surface area contributed by atoms with Gasteiger partial charge in [0.05, 0.1) is 15.7 Å². The van der Waals surface area contributed by atoms with E-state index in [4.69, 9.17) is 23.2 Å². The molecule has 3 N–H and O–H groups in total. The van der Waals surface area contributed by atoms with E-state index in [0.717, 1.165) is 5.56 Å². The summed E-state index contributed by atoms with van der Waals surface area (Å²) >= 11 is 12.0. The molecular formula is C18H14Cl2FN5O. The molecule has 0 saturated heterocycles. The topological polar surface area (TPSA) is 78.9 Å². The zero-order chi connectivity index (χ0) is 19.4. The Bertz CT molecular complexity index is 959. The number of carbonyl (C=O) groups excluding carboxylic acids is 1. The van der Waals surface area contributed by atoms with Gasteiger partial charge in [-0.15, -0.1) is 0 Å². The minimum Gasteiger partial charge on any atom is -0.340 e. The quantitative estimate of drug-likeness (QED) is 0.526. The van der Waals surface area contributed by atoms with Crippen LogP contribution in [0, 0.1) is 12.7 Å². The lowest BCUT2D eigenvalue weighted by Crippen LogP contribution is -2.20. The number of hydrogen-bond acceptors (Lipinski definition) is 4. The number of benzene rings is 2. The molecule has 0 aliphatic heterocycles. The van der Waals surface area contributed by atoms with Crippen LogP contribution in [0.1, 0.15) is 5.56 Å². The Morgan fingerprint density at radius 2 is 1.70 bits per heavy atom. The second-order valence-corrected chi connectivity index (χ2v) is 6.42. The van der Waals surface area contributed by atoms with Gasteiger partial charge in [0.15, 0.2) is 0 Å². The largest absolute Gasteiger partial charge is 0.340 e. The average Bonchev–Trinajstić information content (AvgIpc) is 2.58. The summed E-state index contributed by atoms with van der Waals surface area (Å²) in [6.45, 7) is 1.78. The highest BCUT2D eigenvalue weighted by Crippen LogP contribution is 2.29. The van der Waals surface area contributed by atoms with Gasteiger partial charge < -0.3 is 10.6 Å². The molecule has 2 aromatic carbocycles. The van der Waals surface area contributed by atoms with Crippen molar-refractivity contribution in [3.05, 3.63) is 70.2 Å². The summed E-state index contributed by atoms with van der Waals surface area (Å²) in [4.78, 5) is 20.2. The lowest BCUT2D eigenvalue weighted by atomic mass is 10.2. The SMILES string of the molecule is Cc1cc(F)cc(Nc2cc(NC(=O)Nc3c(Cl)cccc3Cl)ncn2)c1. The molecule has 1 aromatic heterocycles. The van der Waals surface area contributed by atoms with Crippen LogP contribution in [0.5, 0.6) is 0 Å². The van der Waals surface area contributed by atoms with Crippen LogP contribution in [0.15, 0.2) is 48.8 Å². The third-order valence-corrected chi connectivity index (χ3v) is 4.05. The second-order valence-electron chi connectivity index (χ2n) is 5.61. The molecule has 6 nitrogen and oxygen atoms in total. The van der Waals surface area contributed by atoms with Crippen molar-refractivity contribution >= 4 is 52.2 Å². The van der Waals surface area contributed by atoms with E-state index in [2.05, 4.69) is 25.9 Å². The van der Waals surface area contributed by atoms with E-state index in [1.54, 1.807) is 31.2 Å². The minimum atomic E-state index is -0.573. The van der Waals surface area contributed by atoms with E-state index in [0.29, 0.717) is 27.2 Å². The molecule has 0 atom stereocenters. The van der Waals surface area contributed by atoms with Gasteiger partial charge in [-0.25, -0.2) is 19.2 Å². The van der Waals surface area contributed by atoms with Gasteiger partial charge in [-0.05, 0) is 42.8 Å². The molecule has 0 aliphatic carbocycles. The standard InChI is InChI=1S/C18H14Cl2FN5O/c1-10-5-11(21)7-12(6-10)24-15-8-16(23-9-22-15)25-18(27)26-17-13(19)3-2-4-14(17)20/h2-9H,1H3,(H3,22,23,24,25,26,27). The zero-order valence-electron chi connectivity index (χ0n) is 14.1. The van der Waals surface area contributed by atoms with Crippen molar-refractivity contribution in [2.75, 3.05) is 16.0 Å². The molecule has 1 heterocycles. The number of para-hydroxylation sites is 1. The molecule has 3 aromatic rings. The van der Waals surface area contributed by atoms with Gasteiger partial charge in [0.25, 0.3) is 0 Å². The Morgan fingerprint density at radius 1 is 1.00 bits per heavy atom. The molecule has 138 valence electrons. The lowest BCUT2D eigenvalue weighted by molar-refractivity contribution is 0.262. The maximum Gasteiger partial charge on any atom is 0.324 e. The minimum absolute atomic E-state index is 0.237. The Hall–Kier alpha value is -2.90. The maximum absolute atomic E-state index is 13.5. The van der Waals surface area contributed by atoms with Crippen LogP contribution < -0.4 is 16.0 Å². The summed E-state index contributed by atoms with van der Waals surface area (Å²) in [5, 5.41) is 8.71. The lowest BCUT2D eigenvalue weighted by Gasteiger charge is -2.11.